The van der Waals surface area contributed by atoms with Gasteiger partial charge in [0, 0.05) is 11.6 Å². The summed E-state index contributed by atoms with van der Waals surface area (Å²) in [6.45, 7) is 1.80. The Morgan fingerprint density at radius 1 is 0.636 bits per heavy atom. The van der Waals surface area contributed by atoms with Crippen LogP contribution >= 0.6 is 0 Å². The van der Waals surface area contributed by atoms with Gasteiger partial charge in [-0.2, -0.15) is 13.2 Å². The van der Waals surface area contributed by atoms with Crippen LogP contribution in [-0.2, 0) is 6.42 Å². The van der Waals surface area contributed by atoms with E-state index in [1.807, 2.05) is 0 Å². The maximum atomic E-state index is 14.7. The highest BCUT2D eigenvalue weighted by Crippen LogP contribution is 2.35. The Hall–Kier alpha value is -3.23. The van der Waals surface area contributed by atoms with E-state index in [4.69, 9.17) is 0 Å². The minimum absolute atomic E-state index is 0.151. The molecule has 0 fully saturated rings. The molecule has 0 saturated heterocycles. The lowest BCUT2D eigenvalue weighted by Gasteiger charge is -2.12. The predicted octanol–water partition coefficient (Wildman–Crippen LogP) is 8.38. The van der Waals surface area contributed by atoms with Crippen molar-refractivity contribution in [2.24, 2.45) is 0 Å². The minimum Gasteiger partial charge on any atom is -0.206 e. The van der Waals surface area contributed by atoms with Crippen molar-refractivity contribution in [1.29, 1.82) is 0 Å². The van der Waals surface area contributed by atoms with Crippen molar-refractivity contribution in [2.75, 3.05) is 0 Å². The summed E-state index contributed by atoms with van der Waals surface area (Å²) in [7, 11) is 0. The molecule has 0 atom stereocenters. The number of halogens is 9. The Kier molecular flexibility index (Phi) is 6.90. The lowest BCUT2D eigenvalue weighted by molar-refractivity contribution is -0.0790. The van der Waals surface area contributed by atoms with Gasteiger partial charge in [0.05, 0.1) is 11.1 Å². The highest BCUT2D eigenvalue weighted by Gasteiger charge is 2.24. The molecule has 0 aliphatic rings. The van der Waals surface area contributed by atoms with Crippen LogP contribution in [0.15, 0.2) is 42.5 Å². The Balaban J connectivity index is 2.07. The van der Waals surface area contributed by atoms with Crippen LogP contribution < -0.4 is 0 Å². The van der Waals surface area contributed by atoms with Crippen molar-refractivity contribution in [3.8, 4) is 22.3 Å². The van der Waals surface area contributed by atoms with Gasteiger partial charge in [0.15, 0.2) is 0 Å². The summed E-state index contributed by atoms with van der Waals surface area (Å²) in [5, 5.41) is 0. The van der Waals surface area contributed by atoms with Crippen molar-refractivity contribution in [1.82, 2.24) is 0 Å². The first-order chi connectivity index (χ1) is 15.4. The van der Waals surface area contributed by atoms with Crippen LogP contribution in [0.5, 0.6) is 0 Å². The molecule has 0 bridgehead atoms. The Morgan fingerprint density at radius 2 is 1.03 bits per heavy atom. The summed E-state index contributed by atoms with van der Waals surface area (Å²) in [4.78, 5) is 0. The van der Waals surface area contributed by atoms with Gasteiger partial charge < -0.3 is 0 Å². The quantitative estimate of drug-likeness (QED) is 0.326. The van der Waals surface area contributed by atoms with E-state index in [1.165, 1.54) is 0 Å². The molecule has 174 valence electrons. The molecule has 3 rings (SSSR count). The zero-order valence-corrected chi connectivity index (χ0v) is 16.9. The van der Waals surface area contributed by atoms with E-state index in [0.717, 1.165) is 12.1 Å². The maximum Gasteiger partial charge on any atom is 0.409 e. The number of alkyl halides is 3. The average Bonchev–Trinajstić information content (AvgIpc) is 2.65. The first-order valence-electron chi connectivity index (χ1n) is 9.64. The summed E-state index contributed by atoms with van der Waals surface area (Å²) < 4.78 is 123. The normalized spacial score (nSPS) is 12.1. The molecule has 0 aliphatic heterocycles. The van der Waals surface area contributed by atoms with Gasteiger partial charge in [-0.15, -0.1) is 0 Å². The molecule has 0 nitrogen and oxygen atoms in total. The first-order valence-corrected chi connectivity index (χ1v) is 9.64. The largest absolute Gasteiger partial charge is 0.409 e. The Bertz CT molecular complexity index is 1150. The van der Waals surface area contributed by atoms with Crippen molar-refractivity contribution in [3.63, 3.8) is 0 Å². The molecule has 3 aromatic rings. The van der Waals surface area contributed by atoms with Crippen LogP contribution in [0.25, 0.3) is 28.3 Å². The molecule has 0 spiro atoms. The van der Waals surface area contributed by atoms with Gasteiger partial charge in [0.2, 0.25) is 0 Å². The molecule has 0 aliphatic carbocycles. The van der Waals surface area contributed by atoms with Gasteiger partial charge in [-0.05, 0) is 65.6 Å². The SMILES string of the molecule is CCCc1cc(F)c(-c2cc(F)c(-c3cc(F)c(C=CC(F)(F)F)c(F)c3)c(F)c2)c(F)c1. The third-order valence-corrected chi connectivity index (χ3v) is 4.78. The second-order valence-corrected chi connectivity index (χ2v) is 7.23. The summed E-state index contributed by atoms with van der Waals surface area (Å²) in [6, 6.07) is 4.22. The number of rotatable bonds is 5. The van der Waals surface area contributed by atoms with Gasteiger partial charge in [-0.1, -0.05) is 13.3 Å². The molecule has 3 aromatic carbocycles. The number of aryl methyl sites for hydroxylation is 1. The lowest BCUT2D eigenvalue weighted by atomic mass is 9.96. The highest BCUT2D eigenvalue weighted by atomic mass is 19.4. The van der Waals surface area contributed by atoms with E-state index in [1.54, 1.807) is 6.92 Å². The molecule has 0 amide bonds. The molecule has 0 aromatic heterocycles. The third-order valence-electron chi connectivity index (χ3n) is 4.78. The van der Waals surface area contributed by atoms with Crippen molar-refractivity contribution in [2.45, 2.75) is 25.9 Å². The topological polar surface area (TPSA) is 0 Å². The molecule has 0 radical (unpaired) electrons. The van der Waals surface area contributed by atoms with E-state index in [-0.39, 0.29) is 12.2 Å². The Labute approximate surface area is 183 Å². The molecule has 0 saturated carbocycles. The summed E-state index contributed by atoms with van der Waals surface area (Å²) in [6.07, 6.45) is -4.06. The molecular formula is C24H15F9. The van der Waals surface area contributed by atoms with E-state index < -0.39 is 68.9 Å². The Morgan fingerprint density at radius 3 is 1.42 bits per heavy atom. The fourth-order valence-corrected chi connectivity index (χ4v) is 3.39. The standard InChI is InChI=1S/C24H15F9/c1-2-3-12-6-18(27)22(19(28)7-12)14-10-20(29)23(21(30)11-14)13-8-16(25)15(17(26)9-13)4-5-24(31,32)33/h4-11H,2-3H2,1H3. The van der Waals surface area contributed by atoms with Gasteiger partial charge in [-0.3, -0.25) is 0 Å². The third kappa shape index (κ3) is 5.40. The number of hydrogen-bond donors (Lipinski definition) is 0. The van der Waals surface area contributed by atoms with Crippen molar-refractivity contribution >= 4 is 6.08 Å². The molecule has 9 heteroatoms. The molecule has 0 heterocycles. The molecule has 0 unspecified atom stereocenters. The van der Waals surface area contributed by atoms with Gasteiger partial charge in [0.1, 0.15) is 34.9 Å². The number of hydrogen-bond acceptors (Lipinski definition) is 0. The summed E-state index contributed by atoms with van der Waals surface area (Å²) in [5.41, 5.74) is -3.40. The second-order valence-electron chi connectivity index (χ2n) is 7.23. The van der Waals surface area contributed by atoms with E-state index >= 15 is 0 Å². The zero-order chi connectivity index (χ0) is 24.5. The van der Waals surface area contributed by atoms with E-state index in [0.29, 0.717) is 42.7 Å². The fourth-order valence-electron chi connectivity index (χ4n) is 3.39. The first kappa shape index (κ1) is 24.4. The highest BCUT2D eigenvalue weighted by molar-refractivity contribution is 5.73. The van der Waals surface area contributed by atoms with Crippen LogP contribution in [0.3, 0.4) is 0 Å². The zero-order valence-electron chi connectivity index (χ0n) is 16.9. The van der Waals surface area contributed by atoms with Crippen molar-refractivity contribution in [3.05, 3.63) is 88.5 Å². The van der Waals surface area contributed by atoms with Gasteiger partial charge >= 0.3 is 6.18 Å². The van der Waals surface area contributed by atoms with Gasteiger partial charge in [0.25, 0.3) is 0 Å². The second kappa shape index (κ2) is 9.33. The van der Waals surface area contributed by atoms with Crippen LogP contribution in [-0.4, -0.2) is 6.18 Å². The number of benzene rings is 3. The number of allylic oxidation sites excluding steroid dienone is 1. The van der Waals surface area contributed by atoms with Gasteiger partial charge in [-0.25, -0.2) is 26.3 Å². The van der Waals surface area contributed by atoms with E-state index in [2.05, 4.69) is 0 Å². The smallest absolute Gasteiger partial charge is 0.206 e. The van der Waals surface area contributed by atoms with Crippen LogP contribution in [0.1, 0.15) is 24.5 Å². The lowest BCUT2D eigenvalue weighted by Crippen LogP contribution is -2.02. The molecule has 0 N–H and O–H groups in total. The average molecular weight is 474 g/mol. The minimum atomic E-state index is -4.83. The molecular weight excluding hydrogens is 459 g/mol. The summed E-state index contributed by atoms with van der Waals surface area (Å²) >= 11 is 0. The van der Waals surface area contributed by atoms with Crippen LogP contribution in [0.4, 0.5) is 39.5 Å². The van der Waals surface area contributed by atoms with Crippen LogP contribution in [0, 0.1) is 34.9 Å². The van der Waals surface area contributed by atoms with Crippen molar-refractivity contribution < 1.29 is 39.5 Å². The predicted molar refractivity (Wildman–Crippen MR) is 106 cm³/mol. The molecule has 33 heavy (non-hydrogen) atoms. The van der Waals surface area contributed by atoms with E-state index in [9.17, 15) is 39.5 Å². The summed E-state index contributed by atoms with van der Waals surface area (Å²) in [5.74, 6) is -7.81. The van der Waals surface area contributed by atoms with Crippen LogP contribution in [0.2, 0.25) is 0 Å². The monoisotopic (exact) mass is 474 g/mol. The maximum absolute atomic E-state index is 14.7. The fraction of sp³-hybridized carbons (Fsp3) is 0.167.